The molecule has 6 heterocycles. The zero-order valence-corrected chi connectivity index (χ0v) is 24.2. The first-order valence-corrected chi connectivity index (χ1v) is 13.8. The van der Waals surface area contributed by atoms with E-state index in [0.29, 0.717) is 11.2 Å². The van der Waals surface area contributed by atoms with E-state index in [9.17, 15) is 20.3 Å². The molecule has 0 aromatic carbocycles. The third-order valence-corrected chi connectivity index (χ3v) is 8.00. The van der Waals surface area contributed by atoms with E-state index in [1.807, 2.05) is 0 Å². The van der Waals surface area contributed by atoms with Crippen molar-refractivity contribution in [3.8, 4) is 12.3 Å². The molecule has 0 bridgehead atoms. The Morgan fingerprint density at radius 2 is 1.93 bits per heavy atom. The van der Waals surface area contributed by atoms with Crippen molar-refractivity contribution < 1.29 is 43.5 Å². The van der Waals surface area contributed by atoms with Crippen LogP contribution in [0.3, 0.4) is 0 Å². The van der Waals surface area contributed by atoms with Crippen LogP contribution in [0.1, 0.15) is 25.3 Å². The number of H-pyrrole nitrogens is 1. The number of nitrogen functional groups attached to an aromatic ring is 2. The van der Waals surface area contributed by atoms with Gasteiger partial charge in [-0.1, -0.05) is 5.92 Å². The van der Waals surface area contributed by atoms with Gasteiger partial charge in [-0.05, 0) is 12.8 Å². The van der Waals surface area contributed by atoms with Crippen LogP contribution in [0.15, 0.2) is 23.8 Å². The van der Waals surface area contributed by atoms with E-state index in [0.717, 1.165) is 10.9 Å². The lowest BCUT2D eigenvalue weighted by Crippen LogP contribution is -2.41. The Labute approximate surface area is 253 Å². The highest BCUT2D eigenvalue weighted by Gasteiger charge is 2.55. The van der Waals surface area contributed by atoms with Crippen molar-refractivity contribution in [2.24, 2.45) is 5.92 Å². The number of halogens is 1. The van der Waals surface area contributed by atoms with Gasteiger partial charge in [-0.15, -0.1) is 6.42 Å². The highest BCUT2D eigenvalue weighted by Crippen LogP contribution is 2.45. The number of fused-ring (bicyclic) bond motifs is 2. The molecule has 4 aromatic heterocycles. The highest BCUT2D eigenvalue weighted by atomic mass is 31.0. The van der Waals surface area contributed by atoms with Crippen LogP contribution in [0.25, 0.3) is 22.3 Å². The fourth-order valence-corrected chi connectivity index (χ4v) is 5.94. The van der Waals surface area contributed by atoms with Crippen molar-refractivity contribution in [3.05, 3.63) is 29.3 Å². The topological polar surface area (TPSA) is 266 Å². The summed E-state index contributed by atoms with van der Waals surface area (Å²) in [5.74, 6) is 1.63. The van der Waals surface area contributed by atoms with Gasteiger partial charge >= 0.3 is 0 Å². The van der Waals surface area contributed by atoms with Crippen LogP contribution in [0.5, 0.6) is 0 Å². The lowest BCUT2D eigenvalue weighted by atomic mass is 9.83. The van der Waals surface area contributed by atoms with Gasteiger partial charge in [0.15, 0.2) is 65.5 Å². The first-order valence-electron chi connectivity index (χ1n) is 13.4. The van der Waals surface area contributed by atoms with Gasteiger partial charge in [-0.25, -0.2) is 29.2 Å². The number of nitrogens with zero attached hydrogens (tertiary/aromatic N) is 7. The molecule has 8 N–H and O–H groups in total. The van der Waals surface area contributed by atoms with Crippen molar-refractivity contribution in [2.45, 2.75) is 61.9 Å². The largest absolute Gasteiger partial charge is 0.388 e. The third-order valence-electron chi connectivity index (χ3n) is 7.83. The molecule has 2 aliphatic heterocycles. The Kier molecular flexibility index (Phi) is 8.38. The number of aromatic nitrogens is 8. The summed E-state index contributed by atoms with van der Waals surface area (Å²) >= 11 is 0. The second-order valence-corrected chi connectivity index (χ2v) is 10.7. The van der Waals surface area contributed by atoms with Crippen LogP contribution in [0, 0.1) is 18.3 Å². The average molecular weight is 651 g/mol. The molecule has 2 saturated heterocycles. The fourth-order valence-electron chi connectivity index (χ4n) is 5.69. The molecule has 3 unspecified atom stereocenters. The second-order valence-electron chi connectivity index (χ2n) is 10.4. The minimum atomic E-state index is -2.12. The maximum absolute atomic E-state index is 15.3. The first-order chi connectivity index (χ1) is 21.6. The van der Waals surface area contributed by atoms with Gasteiger partial charge in [0, 0.05) is 15.4 Å². The number of alkyl halides is 1. The Bertz CT molecular complexity index is 1800. The molecule has 19 nitrogen and oxygen atoms in total. The average Bonchev–Trinajstić information content (AvgIpc) is 3.76. The number of nitrogens with one attached hydrogen (secondary N) is 1. The van der Waals surface area contributed by atoms with Crippen LogP contribution >= 0.6 is 9.47 Å². The maximum atomic E-state index is 15.3. The Hall–Kier alpha value is -3.90. The first kappa shape index (κ1) is 31.1. The van der Waals surface area contributed by atoms with E-state index in [-0.39, 0.29) is 42.4 Å². The van der Waals surface area contributed by atoms with E-state index >= 15 is 4.39 Å². The second kappa shape index (κ2) is 12.1. The molecule has 2 fully saturated rings. The number of aliphatic hydroxyl groups is 2. The predicted molar refractivity (Wildman–Crippen MR) is 152 cm³/mol. The van der Waals surface area contributed by atoms with Crippen LogP contribution in [-0.2, 0) is 23.6 Å². The molecule has 45 heavy (non-hydrogen) atoms. The maximum Gasteiger partial charge on any atom is 0.280 e. The van der Waals surface area contributed by atoms with Gasteiger partial charge in [-0.3, -0.25) is 24.2 Å². The number of rotatable bonds is 10. The van der Waals surface area contributed by atoms with Crippen molar-refractivity contribution in [1.82, 2.24) is 39.0 Å². The molecule has 21 heteroatoms. The van der Waals surface area contributed by atoms with Crippen LogP contribution < -0.4 is 17.0 Å². The van der Waals surface area contributed by atoms with Crippen molar-refractivity contribution in [3.63, 3.8) is 0 Å². The Morgan fingerprint density at radius 3 is 2.64 bits per heavy atom. The van der Waals surface area contributed by atoms with Gasteiger partial charge in [-0.2, -0.15) is 4.98 Å². The van der Waals surface area contributed by atoms with Gasteiger partial charge in [0.1, 0.15) is 17.9 Å². The van der Waals surface area contributed by atoms with E-state index in [4.69, 9.17) is 36.6 Å². The number of aromatic amines is 1. The lowest BCUT2D eigenvalue weighted by molar-refractivity contribution is -0.300. The number of imidazole rings is 2. The van der Waals surface area contributed by atoms with E-state index in [1.165, 1.54) is 17.2 Å². The summed E-state index contributed by atoms with van der Waals surface area (Å²) < 4.78 is 40.4. The highest BCUT2D eigenvalue weighted by molar-refractivity contribution is 7.09. The number of hydrogen-bond acceptors (Lipinski definition) is 16. The quantitative estimate of drug-likeness (QED) is 0.0394. The molecule has 0 amide bonds. The molecule has 0 radical (unpaired) electrons. The summed E-state index contributed by atoms with van der Waals surface area (Å²) in [5, 5.41) is 31.6. The minimum absolute atomic E-state index is 0.00593. The van der Waals surface area contributed by atoms with Crippen molar-refractivity contribution >= 4 is 43.6 Å². The van der Waals surface area contributed by atoms with Crippen molar-refractivity contribution in [2.75, 3.05) is 18.1 Å². The van der Waals surface area contributed by atoms with Crippen LogP contribution in [-0.4, -0.2) is 97.7 Å². The number of terminal acetylenes is 1. The molecular weight excluding hydrogens is 622 g/mol. The molecule has 4 aromatic rings. The molecule has 10 atom stereocenters. The summed E-state index contributed by atoms with van der Waals surface area (Å²) in [6.45, 7) is -0.150. The number of aliphatic hydroxyl groups excluding tert-OH is 2. The molecular formula is C24H28FN10O9P. The van der Waals surface area contributed by atoms with E-state index in [1.54, 1.807) is 0 Å². The van der Waals surface area contributed by atoms with Crippen LogP contribution in [0.2, 0.25) is 0 Å². The van der Waals surface area contributed by atoms with E-state index in [2.05, 4.69) is 50.2 Å². The lowest BCUT2D eigenvalue weighted by Gasteiger charge is -2.29. The zero-order valence-electron chi connectivity index (χ0n) is 23.1. The molecule has 0 aliphatic carbocycles. The number of hydrogen-bond donors (Lipinski definition) is 6. The monoisotopic (exact) mass is 650 g/mol. The standard InChI is InChI=1S/C24H28FN10O9P/c1-2-24(5-40-45)9(14(37)20(43-24)34-7-30-12-16(26)28-6-29-17(12)34)3-4-10(36)41-22-11(25)15(44-39)21(42-22)35-8-31-13-18(35)32-23(27)33-19(13)38/h1,6-11,14-15,20-22,36-37,39H,3-5,45H2,(H2,26,28,29)(H3,27,32,33,38)/t9-,10?,11+,14+,15+,20+,21+,22?,24+/m0/s1. The normalized spacial score (nSPS) is 30.7. The van der Waals surface area contributed by atoms with Gasteiger partial charge < -0.3 is 40.4 Å². The molecule has 240 valence electrons. The summed E-state index contributed by atoms with van der Waals surface area (Å²) in [7, 11) is 2.07. The summed E-state index contributed by atoms with van der Waals surface area (Å²) in [6, 6.07) is 0. The molecule has 0 saturated carbocycles. The summed E-state index contributed by atoms with van der Waals surface area (Å²) in [5.41, 5.74) is 9.81. The third kappa shape index (κ3) is 5.27. The fraction of sp³-hybridized carbons (Fsp3) is 0.500. The summed E-state index contributed by atoms with van der Waals surface area (Å²) in [6.07, 6.45) is -1.46. The van der Waals surface area contributed by atoms with Gasteiger partial charge in [0.25, 0.3) is 5.56 Å². The SMILES string of the molecule is C#C[C@]1(COP)O[C@@H](n2cnc3c(N)ncnc32)[C@H](O)[C@@H]1CCC(O)OC1O[C@@H](n2cnc3c(=O)[nH]c(N)nc32)[C@H](OO)[C@H]1F. The van der Waals surface area contributed by atoms with E-state index < -0.39 is 60.5 Å². The van der Waals surface area contributed by atoms with Crippen molar-refractivity contribution in [1.29, 1.82) is 0 Å². The number of anilines is 2. The Morgan fingerprint density at radius 1 is 1.20 bits per heavy atom. The van der Waals surface area contributed by atoms with Gasteiger partial charge in [0.2, 0.25) is 5.95 Å². The van der Waals surface area contributed by atoms with Crippen LogP contribution in [0.4, 0.5) is 16.2 Å². The molecule has 6 rings (SSSR count). The molecule has 2 aliphatic rings. The Balaban J connectivity index is 1.18. The smallest absolute Gasteiger partial charge is 0.280 e. The number of ether oxygens (including phenoxy) is 3. The predicted octanol–water partition coefficient (Wildman–Crippen LogP) is -1.03. The zero-order chi connectivity index (χ0) is 32.0. The minimum Gasteiger partial charge on any atom is -0.388 e. The summed E-state index contributed by atoms with van der Waals surface area (Å²) in [4.78, 5) is 39.0. The van der Waals surface area contributed by atoms with Gasteiger partial charge in [0.05, 0.1) is 19.3 Å². The number of nitrogens with two attached hydrogens (primary N) is 2. The molecule has 0 spiro atoms.